The van der Waals surface area contributed by atoms with Crippen LogP contribution in [0.4, 0.5) is 17.1 Å². The number of para-hydroxylation sites is 1. The van der Waals surface area contributed by atoms with Crippen LogP contribution in [-0.4, -0.2) is 18.0 Å². The topological polar surface area (TPSA) is 72.4 Å². The lowest BCUT2D eigenvalue weighted by Gasteiger charge is -2.20. The Kier molecular flexibility index (Phi) is 3.49. The summed E-state index contributed by atoms with van der Waals surface area (Å²) in [4.78, 5) is 12.4. The van der Waals surface area contributed by atoms with Crippen molar-refractivity contribution in [2.24, 2.45) is 0 Å². The summed E-state index contributed by atoms with van der Waals surface area (Å²) in [5.74, 6) is 0. The summed E-state index contributed by atoms with van der Waals surface area (Å²) in [6, 6.07) is 5.00. The number of nitrogen functional groups attached to an aromatic ring is 1. The van der Waals surface area contributed by atoms with Crippen LogP contribution in [0.5, 0.6) is 0 Å². The van der Waals surface area contributed by atoms with Gasteiger partial charge in [-0.25, -0.2) is 0 Å². The molecule has 5 heteroatoms. The Morgan fingerprint density at radius 1 is 1.40 bits per heavy atom. The van der Waals surface area contributed by atoms with E-state index in [1.807, 2.05) is 18.7 Å². The molecular weight excluding hydrogens is 194 g/mol. The molecule has 15 heavy (non-hydrogen) atoms. The van der Waals surface area contributed by atoms with Crippen molar-refractivity contribution in [1.82, 2.24) is 0 Å². The number of rotatable bonds is 4. The van der Waals surface area contributed by atoms with E-state index in [1.54, 1.807) is 18.2 Å². The van der Waals surface area contributed by atoms with Gasteiger partial charge in [0.1, 0.15) is 11.4 Å². The fourth-order valence-electron chi connectivity index (χ4n) is 1.57. The van der Waals surface area contributed by atoms with Gasteiger partial charge in [-0.15, -0.1) is 0 Å². The van der Waals surface area contributed by atoms with Crippen LogP contribution in [0.2, 0.25) is 0 Å². The van der Waals surface area contributed by atoms with Crippen molar-refractivity contribution in [2.75, 3.05) is 23.7 Å². The Labute approximate surface area is 88.6 Å². The lowest BCUT2D eigenvalue weighted by molar-refractivity contribution is -0.383. The molecule has 0 atom stereocenters. The van der Waals surface area contributed by atoms with E-state index < -0.39 is 4.92 Å². The van der Waals surface area contributed by atoms with E-state index in [0.29, 0.717) is 5.69 Å². The molecule has 1 aromatic carbocycles. The minimum absolute atomic E-state index is 0.00111. The second-order valence-electron chi connectivity index (χ2n) is 3.14. The largest absolute Gasteiger partial charge is 0.393 e. The zero-order valence-corrected chi connectivity index (χ0v) is 8.93. The van der Waals surface area contributed by atoms with Crippen molar-refractivity contribution in [3.63, 3.8) is 0 Å². The average Bonchev–Trinajstić information content (AvgIpc) is 2.19. The predicted molar refractivity (Wildman–Crippen MR) is 61.1 cm³/mol. The monoisotopic (exact) mass is 209 g/mol. The van der Waals surface area contributed by atoms with E-state index >= 15 is 0 Å². The van der Waals surface area contributed by atoms with E-state index in [-0.39, 0.29) is 11.4 Å². The molecule has 0 aromatic heterocycles. The lowest BCUT2D eigenvalue weighted by Crippen LogP contribution is -2.23. The number of anilines is 2. The predicted octanol–water partition coefficient (Wildman–Crippen LogP) is 2.02. The molecule has 82 valence electrons. The first-order valence-electron chi connectivity index (χ1n) is 4.89. The third-order valence-electron chi connectivity index (χ3n) is 2.33. The van der Waals surface area contributed by atoms with Crippen LogP contribution >= 0.6 is 0 Å². The molecule has 0 radical (unpaired) electrons. The molecule has 0 bridgehead atoms. The smallest absolute Gasteiger partial charge is 0.315 e. The van der Waals surface area contributed by atoms with E-state index in [9.17, 15) is 10.1 Å². The number of hydrogen-bond donors (Lipinski definition) is 1. The number of nitrogens with zero attached hydrogens (tertiary/aromatic N) is 2. The minimum atomic E-state index is -0.428. The zero-order valence-electron chi connectivity index (χ0n) is 8.93. The summed E-state index contributed by atoms with van der Waals surface area (Å²) in [6.45, 7) is 5.36. The Balaban J connectivity index is 3.27. The standard InChI is InChI=1S/C10H15N3O2/c1-3-12(4-2)9-7-5-6-8(11)10(9)13(14)15/h5-7H,3-4,11H2,1-2H3. The normalized spacial score (nSPS) is 10.0. The Morgan fingerprint density at radius 2 is 2.00 bits per heavy atom. The molecule has 0 aliphatic rings. The van der Waals surface area contributed by atoms with Gasteiger partial charge in [-0.05, 0) is 26.0 Å². The third-order valence-corrected chi connectivity index (χ3v) is 2.33. The zero-order chi connectivity index (χ0) is 11.4. The van der Waals surface area contributed by atoms with Crippen molar-refractivity contribution < 1.29 is 4.92 Å². The fourth-order valence-corrected chi connectivity index (χ4v) is 1.57. The average molecular weight is 209 g/mol. The first-order chi connectivity index (χ1) is 7.11. The first-order valence-corrected chi connectivity index (χ1v) is 4.89. The van der Waals surface area contributed by atoms with Crippen LogP contribution in [0.1, 0.15) is 13.8 Å². The van der Waals surface area contributed by atoms with Crippen molar-refractivity contribution in [1.29, 1.82) is 0 Å². The Hall–Kier alpha value is -1.78. The van der Waals surface area contributed by atoms with Crippen molar-refractivity contribution >= 4 is 17.1 Å². The van der Waals surface area contributed by atoms with Crippen LogP contribution in [0, 0.1) is 10.1 Å². The number of nitro groups is 1. The Bertz CT molecular complexity index is 362. The second kappa shape index (κ2) is 4.63. The summed E-state index contributed by atoms with van der Waals surface area (Å²) in [7, 11) is 0. The summed E-state index contributed by atoms with van der Waals surface area (Å²) >= 11 is 0. The summed E-state index contributed by atoms with van der Waals surface area (Å²) in [5.41, 5.74) is 6.40. The summed E-state index contributed by atoms with van der Waals surface area (Å²) < 4.78 is 0. The molecule has 1 aromatic rings. The van der Waals surface area contributed by atoms with Crippen LogP contribution in [0.3, 0.4) is 0 Å². The van der Waals surface area contributed by atoms with Gasteiger partial charge in [0.2, 0.25) is 0 Å². The van der Waals surface area contributed by atoms with Crippen molar-refractivity contribution in [2.45, 2.75) is 13.8 Å². The van der Waals surface area contributed by atoms with E-state index in [2.05, 4.69) is 0 Å². The number of nitrogens with two attached hydrogens (primary N) is 1. The quantitative estimate of drug-likeness (QED) is 0.467. The highest BCUT2D eigenvalue weighted by atomic mass is 16.6. The molecule has 0 spiro atoms. The molecule has 0 heterocycles. The molecule has 2 N–H and O–H groups in total. The third kappa shape index (κ3) is 2.18. The molecular formula is C10H15N3O2. The minimum Gasteiger partial charge on any atom is -0.393 e. The maximum Gasteiger partial charge on any atom is 0.315 e. The van der Waals surface area contributed by atoms with Gasteiger partial charge in [0, 0.05) is 13.1 Å². The van der Waals surface area contributed by atoms with Crippen LogP contribution in [0.15, 0.2) is 18.2 Å². The molecule has 0 amide bonds. The van der Waals surface area contributed by atoms with Crippen LogP contribution in [0.25, 0.3) is 0 Å². The summed E-state index contributed by atoms with van der Waals surface area (Å²) in [6.07, 6.45) is 0. The van der Waals surface area contributed by atoms with Crippen LogP contribution in [-0.2, 0) is 0 Å². The number of hydrogen-bond acceptors (Lipinski definition) is 4. The van der Waals surface area contributed by atoms with Gasteiger partial charge in [0.15, 0.2) is 0 Å². The molecule has 0 aliphatic heterocycles. The van der Waals surface area contributed by atoms with Gasteiger partial charge in [-0.3, -0.25) is 10.1 Å². The number of nitro benzene ring substituents is 1. The summed E-state index contributed by atoms with van der Waals surface area (Å²) in [5, 5.41) is 10.9. The highest BCUT2D eigenvalue weighted by Crippen LogP contribution is 2.33. The van der Waals surface area contributed by atoms with E-state index in [1.165, 1.54) is 0 Å². The van der Waals surface area contributed by atoms with Crippen molar-refractivity contribution in [3.8, 4) is 0 Å². The highest BCUT2D eigenvalue weighted by molar-refractivity contribution is 5.75. The van der Waals surface area contributed by atoms with Gasteiger partial charge < -0.3 is 10.6 Å². The number of benzene rings is 1. The van der Waals surface area contributed by atoms with Crippen molar-refractivity contribution in [3.05, 3.63) is 28.3 Å². The Morgan fingerprint density at radius 3 is 2.47 bits per heavy atom. The van der Waals surface area contributed by atoms with Gasteiger partial charge in [0.05, 0.1) is 4.92 Å². The van der Waals surface area contributed by atoms with Crippen LogP contribution < -0.4 is 10.6 Å². The lowest BCUT2D eigenvalue weighted by atomic mass is 10.2. The second-order valence-corrected chi connectivity index (χ2v) is 3.14. The molecule has 0 unspecified atom stereocenters. The van der Waals surface area contributed by atoms with Gasteiger partial charge in [0.25, 0.3) is 0 Å². The molecule has 0 saturated carbocycles. The maximum atomic E-state index is 10.9. The molecule has 0 aliphatic carbocycles. The molecule has 5 nitrogen and oxygen atoms in total. The SMILES string of the molecule is CCN(CC)c1cccc(N)c1[N+](=O)[O-]. The first kappa shape index (κ1) is 11.3. The molecule has 0 saturated heterocycles. The van der Waals surface area contributed by atoms with E-state index in [4.69, 9.17) is 5.73 Å². The maximum absolute atomic E-state index is 10.9. The molecule has 1 rings (SSSR count). The molecule has 0 fully saturated rings. The fraction of sp³-hybridized carbons (Fsp3) is 0.400. The van der Waals surface area contributed by atoms with Gasteiger partial charge >= 0.3 is 5.69 Å². The highest BCUT2D eigenvalue weighted by Gasteiger charge is 2.20. The van der Waals surface area contributed by atoms with E-state index in [0.717, 1.165) is 13.1 Å². The van der Waals surface area contributed by atoms with Gasteiger partial charge in [-0.2, -0.15) is 0 Å². The van der Waals surface area contributed by atoms with Gasteiger partial charge in [-0.1, -0.05) is 6.07 Å².